The van der Waals surface area contributed by atoms with E-state index in [0.717, 1.165) is 21.3 Å². The fraction of sp³-hybridized carbons (Fsp3) is 0.348. The van der Waals surface area contributed by atoms with Crippen molar-refractivity contribution in [1.29, 1.82) is 0 Å². The lowest BCUT2D eigenvalue weighted by Gasteiger charge is -1.62. The molecule has 0 saturated carbocycles. The van der Waals surface area contributed by atoms with Crippen molar-refractivity contribution in [3.63, 3.8) is 0 Å². The van der Waals surface area contributed by atoms with Crippen molar-refractivity contribution >= 4 is 28.9 Å². The Morgan fingerprint density at radius 2 is 0.419 bits per heavy atom. The minimum atomic E-state index is 0.0185. The molecule has 0 aliphatic carbocycles. The van der Waals surface area contributed by atoms with E-state index < -0.39 is 0 Å². The Morgan fingerprint density at radius 3 is 0.419 bits per heavy atom. The summed E-state index contributed by atoms with van der Waals surface area (Å²) in [6.07, 6.45) is 6.39. The minimum Gasteiger partial charge on any atom is -0.400 e. The van der Waals surface area contributed by atoms with E-state index in [1.165, 1.54) is 65.0 Å². The largest absolute Gasteiger partial charge is 0.400 e. The SMILES string of the molecule is C=CC(C)=O.C=CC(C)=O.C=CC(C)=O.C=CC(C)=O.C=CC(C)=O.CO.CO.CO. The summed E-state index contributed by atoms with van der Waals surface area (Å²) >= 11 is 0. The highest BCUT2D eigenvalue weighted by Crippen LogP contribution is 1.62. The summed E-state index contributed by atoms with van der Waals surface area (Å²) in [6, 6.07) is 0. The molecule has 8 nitrogen and oxygen atoms in total. The molecule has 0 fully saturated rings. The quantitative estimate of drug-likeness (QED) is 0.546. The van der Waals surface area contributed by atoms with Gasteiger partial charge in [-0.2, -0.15) is 0 Å². The number of aliphatic hydroxyl groups is 3. The fourth-order valence-corrected chi connectivity index (χ4v) is 0. The van der Waals surface area contributed by atoms with Crippen LogP contribution in [0, 0.1) is 0 Å². The van der Waals surface area contributed by atoms with E-state index >= 15 is 0 Å². The van der Waals surface area contributed by atoms with Crippen molar-refractivity contribution in [2.24, 2.45) is 0 Å². The third kappa shape index (κ3) is 349. The fourth-order valence-electron chi connectivity index (χ4n) is 0. The van der Waals surface area contributed by atoms with E-state index in [0.29, 0.717) is 0 Å². The molecule has 0 aliphatic heterocycles. The number of allylic oxidation sites excluding steroid dienone is 5. The standard InChI is InChI=1S/5C4H6O.3CH4O/c5*1-3-4(2)5;3*1-2/h5*3H,1H2,2H3;3*2H,1H3. The first-order chi connectivity index (χ1) is 14.4. The summed E-state index contributed by atoms with van der Waals surface area (Å²) in [4.78, 5) is 48.5. The van der Waals surface area contributed by atoms with E-state index in [1.807, 2.05) is 0 Å². The van der Waals surface area contributed by atoms with Gasteiger partial charge in [-0.3, -0.25) is 24.0 Å². The Hall–Kier alpha value is -3.07. The van der Waals surface area contributed by atoms with Crippen LogP contribution in [0.2, 0.25) is 0 Å². The molecule has 0 spiro atoms. The maximum atomic E-state index is 9.69. The molecule has 0 aromatic rings. The van der Waals surface area contributed by atoms with Gasteiger partial charge >= 0.3 is 0 Å². The van der Waals surface area contributed by atoms with Gasteiger partial charge in [0, 0.05) is 21.3 Å². The van der Waals surface area contributed by atoms with Crippen LogP contribution in [0.15, 0.2) is 63.3 Å². The lowest BCUT2D eigenvalue weighted by Crippen LogP contribution is -1.74. The lowest BCUT2D eigenvalue weighted by atomic mass is 10.5. The van der Waals surface area contributed by atoms with Gasteiger partial charge in [0.2, 0.25) is 0 Å². The molecule has 31 heavy (non-hydrogen) atoms. The highest BCUT2D eigenvalue weighted by atomic mass is 16.2. The minimum absolute atomic E-state index is 0.0185. The van der Waals surface area contributed by atoms with E-state index in [4.69, 9.17) is 15.3 Å². The third-order valence-corrected chi connectivity index (χ3v) is 1.44. The van der Waals surface area contributed by atoms with Gasteiger partial charge in [0.05, 0.1) is 0 Å². The smallest absolute Gasteiger partial charge is 0.152 e. The summed E-state index contributed by atoms with van der Waals surface area (Å²) in [5, 5.41) is 21.0. The molecule has 182 valence electrons. The van der Waals surface area contributed by atoms with Crippen molar-refractivity contribution in [2.75, 3.05) is 21.3 Å². The monoisotopic (exact) mass is 446 g/mol. The van der Waals surface area contributed by atoms with Crippen LogP contribution in [0.25, 0.3) is 0 Å². The summed E-state index contributed by atoms with van der Waals surface area (Å²) in [6.45, 7) is 23.4. The van der Waals surface area contributed by atoms with Crippen molar-refractivity contribution in [1.82, 2.24) is 0 Å². The molecule has 0 atom stereocenters. The zero-order valence-corrected chi connectivity index (χ0v) is 20.3. The van der Waals surface area contributed by atoms with Crippen molar-refractivity contribution in [3.8, 4) is 0 Å². The Labute approximate surface area is 188 Å². The first-order valence-corrected chi connectivity index (χ1v) is 8.35. The van der Waals surface area contributed by atoms with Gasteiger partial charge in [-0.1, -0.05) is 32.9 Å². The molecular formula is C23H42O8. The first kappa shape index (κ1) is 51.0. The second-order valence-electron chi connectivity index (χ2n) is 4.07. The van der Waals surface area contributed by atoms with Gasteiger partial charge in [-0.05, 0) is 65.0 Å². The Balaban J connectivity index is -0.0000000335. The zero-order chi connectivity index (χ0) is 27.4. The molecule has 0 unspecified atom stereocenters. The van der Waals surface area contributed by atoms with E-state index in [9.17, 15) is 24.0 Å². The van der Waals surface area contributed by atoms with Gasteiger partial charge in [0.15, 0.2) is 28.9 Å². The van der Waals surface area contributed by atoms with Gasteiger partial charge in [-0.15, -0.1) is 0 Å². The molecule has 0 saturated heterocycles. The summed E-state index contributed by atoms with van der Waals surface area (Å²) in [7, 11) is 3.00. The Morgan fingerprint density at radius 1 is 0.387 bits per heavy atom. The second kappa shape index (κ2) is 63.2. The maximum Gasteiger partial charge on any atom is 0.152 e. The Kier molecular flexibility index (Phi) is 104. The van der Waals surface area contributed by atoms with Crippen molar-refractivity contribution < 1.29 is 39.3 Å². The molecule has 0 radical (unpaired) electrons. The second-order valence-corrected chi connectivity index (χ2v) is 4.07. The topological polar surface area (TPSA) is 146 Å². The first-order valence-electron chi connectivity index (χ1n) is 8.35. The zero-order valence-electron chi connectivity index (χ0n) is 20.3. The van der Waals surface area contributed by atoms with E-state index in [-0.39, 0.29) is 28.9 Å². The molecule has 3 N–H and O–H groups in total. The summed E-state index contributed by atoms with van der Waals surface area (Å²) < 4.78 is 0. The van der Waals surface area contributed by atoms with Crippen LogP contribution in [0.3, 0.4) is 0 Å². The average Bonchev–Trinajstić information content (AvgIpc) is 2.79. The molecule has 0 aliphatic rings. The highest BCUT2D eigenvalue weighted by molar-refractivity contribution is 5.87. The van der Waals surface area contributed by atoms with Crippen LogP contribution < -0.4 is 0 Å². The number of carbonyl (C=O) groups is 5. The van der Waals surface area contributed by atoms with Gasteiger partial charge in [-0.25, -0.2) is 0 Å². The van der Waals surface area contributed by atoms with E-state index in [1.54, 1.807) is 0 Å². The summed E-state index contributed by atoms with van der Waals surface area (Å²) in [5.41, 5.74) is 0. The number of rotatable bonds is 5. The van der Waals surface area contributed by atoms with Gasteiger partial charge in [0.1, 0.15) is 0 Å². The molecule has 0 rings (SSSR count). The lowest BCUT2D eigenvalue weighted by molar-refractivity contribution is -0.113. The predicted molar refractivity (Wildman–Crippen MR) is 129 cm³/mol. The van der Waals surface area contributed by atoms with Gasteiger partial charge < -0.3 is 15.3 Å². The number of carbonyl (C=O) groups excluding carboxylic acids is 5. The summed E-state index contributed by atoms with van der Waals surface area (Å²) in [5.74, 6) is 0.0926. The predicted octanol–water partition coefficient (Wildman–Crippen LogP) is 2.63. The number of aliphatic hydroxyl groups excluding tert-OH is 3. The molecule has 0 bridgehead atoms. The molecule has 0 aromatic heterocycles. The van der Waals surface area contributed by atoms with Crippen LogP contribution in [0.5, 0.6) is 0 Å². The third-order valence-electron chi connectivity index (χ3n) is 1.44. The van der Waals surface area contributed by atoms with Crippen LogP contribution in [-0.2, 0) is 24.0 Å². The Bertz CT molecular complexity index is 385. The molecule has 0 heterocycles. The molecule has 0 aromatic carbocycles. The maximum absolute atomic E-state index is 9.69. The van der Waals surface area contributed by atoms with Crippen LogP contribution in [-0.4, -0.2) is 65.6 Å². The number of hydrogen-bond acceptors (Lipinski definition) is 8. The van der Waals surface area contributed by atoms with Crippen LogP contribution in [0.4, 0.5) is 0 Å². The average molecular weight is 447 g/mol. The van der Waals surface area contributed by atoms with Crippen LogP contribution >= 0.6 is 0 Å². The molecule has 0 amide bonds. The van der Waals surface area contributed by atoms with E-state index in [2.05, 4.69) is 32.9 Å². The number of ketones is 5. The normalized spacial score (nSPS) is 5.90. The number of hydrogen-bond donors (Lipinski definition) is 3. The van der Waals surface area contributed by atoms with Crippen molar-refractivity contribution in [3.05, 3.63) is 63.3 Å². The molecule has 8 heteroatoms. The van der Waals surface area contributed by atoms with Gasteiger partial charge in [0.25, 0.3) is 0 Å². The molecular weight excluding hydrogens is 404 g/mol. The van der Waals surface area contributed by atoms with Crippen LogP contribution in [0.1, 0.15) is 34.6 Å². The van der Waals surface area contributed by atoms with Crippen molar-refractivity contribution in [2.45, 2.75) is 34.6 Å². The highest BCUT2D eigenvalue weighted by Gasteiger charge is 1.71.